The van der Waals surface area contributed by atoms with Gasteiger partial charge in [-0.3, -0.25) is 4.79 Å². The van der Waals surface area contributed by atoms with E-state index in [4.69, 9.17) is 4.42 Å². The zero-order valence-corrected chi connectivity index (χ0v) is 8.97. The highest BCUT2D eigenvalue weighted by Crippen LogP contribution is 2.31. The standard InChI is InChI=1S/C12H9F3O2/c1-2-8-10(11(16)12(13,14)15)7-5-3-4-6-9(7)17-8/h3-6H,2H2,1H3. The molecule has 1 aromatic heterocycles. The molecule has 0 aliphatic carbocycles. The van der Waals surface area contributed by atoms with E-state index >= 15 is 0 Å². The third-order valence-corrected chi connectivity index (χ3v) is 2.47. The van der Waals surface area contributed by atoms with Crippen molar-refractivity contribution in [2.45, 2.75) is 19.5 Å². The fourth-order valence-corrected chi connectivity index (χ4v) is 1.74. The van der Waals surface area contributed by atoms with E-state index in [0.29, 0.717) is 5.58 Å². The van der Waals surface area contributed by atoms with Crippen LogP contribution < -0.4 is 0 Å². The molecule has 5 heteroatoms. The van der Waals surface area contributed by atoms with Gasteiger partial charge in [-0.2, -0.15) is 13.2 Å². The number of furan rings is 1. The first-order valence-electron chi connectivity index (χ1n) is 5.07. The molecule has 0 unspecified atom stereocenters. The average molecular weight is 242 g/mol. The number of para-hydroxylation sites is 1. The first kappa shape index (κ1) is 11.7. The number of rotatable bonds is 2. The molecular weight excluding hydrogens is 233 g/mol. The number of halogens is 3. The highest BCUT2D eigenvalue weighted by atomic mass is 19.4. The SMILES string of the molecule is CCc1oc2ccccc2c1C(=O)C(F)(F)F. The lowest BCUT2D eigenvalue weighted by Gasteiger charge is -2.04. The molecule has 0 saturated carbocycles. The van der Waals surface area contributed by atoms with Gasteiger partial charge < -0.3 is 4.42 Å². The van der Waals surface area contributed by atoms with Gasteiger partial charge in [0.2, 0.25) is 0 Å². The van der Waals surface area contributed by atoms with Gasteiger partial charge in [-0.05, 0) is 6.07 Å². The highest BCUT2D eigenvalue weighted by molar-refractivity contribution is 6.10. The second-order valence-corrected chi connectivity index (χ2v) is 3.58. The van der Waals surface area contributed by atoms with Crippen molar-refractivity contribution in [2.75, 3.05) is 0 Å². The van der Waals surface area contributed by atoms with E-state index in [1.165, 1.54) is 6.07 Å². The van der Waals surface area contributed by atoms with Crippen LogP contribution >= 0.6 is 0 Å². The maximum atomic E-state index is 12.5. The number of Topliss-reactive ketones (excluding diaryl/α,β-unsaturated/α-hetero) is 1. The van der Waals surface area contributed by atoms with Crippen LogP contribution in [-0.4, -0.2) is 12.0 Å². The van der Waals surface area contributed by atoms with Gasteiger partial charge in [0.1, 0.15) is 11.3 Å². The van der Waals surface area contributed by atoms with Gasteiger partial charge in [0.15, 0.2) is 0 Å². The van der Waals surface area contributed by atoms with Gasteiger partial charge in [-0.15, -0.1) is 0 Å². The van der Waals surface area contributed by atoms with Crippen molar-refractivity contribution >= 4 is 16.8 Å². The van der Waals surface area contributed by atoms with Crippen molar-refractivity contribution in [3.63, 3.8) is 0 Å². The summed E-state index contributed by atoms with van der Waals surface area (Å²) in [7, 11) is 0. The molecule has 0 spiro atoms. The number of fused-ring (bicyclic) bond motifs is 1. The van der Waals surface area contributed by atoms with E-state index in [2.05, 4.69) is 0 Å². The minimum Gasteiger partial charge on any atom is -0.460 e. The topological polar surface area (TPSA) is 30.2 Å². The molecule has 0 aliphatic heterocycles. The minimum absolute atomic E-state index is 0.0773. The summed E-state index contributed by atoms with van der Waals surface area (Å²) >= 11 is 0. The summed E-state index contributed by atoms with van der Waals surface area (Å²) in [6.45, 7) is 1.64. The van der Waals surface area contributed by atoms with Crippen LogP contribution in [0.15, 0.2) is 28.7 Å². The van der Waals surface area contributed by atoms with E-state index in [1.807, 2.05) is 0 Å². The highest BCUT2D eigenvalue weighted by Gasteiger charge is 2.42. The minimum atomic E-state index is -4.88. The maximum absolute atomic E-state index is 12.5. The van der Waals surface area contributed by atoms with Gasteiger partial charge in [0, 0.05) is 11.8 Å². The van der Waals surface area contributed by atoms with Crippen LogP contribution in [0.5, 0.6) is 0 Å². The van der Waals surface area contributed by atoms with E-state index in [9.17, 15) is 18.0 Å². The van der Waals surface area contributed by atoms with Gasteiger partial charge in [-0.1, -0.05) is 25.1 Å². The summed E-state index contributed by atoms with van der Waals surface area (Å²) in [5.74, 6) is -1.77. The Hall–Kier alpha value is -1.78. The molecule has 90 valence electrons. The lowest BCUT2D eigenvalue weighted by Crippen LogP contribution is -2.23. The second-order valence-electron chi connectivity index (χ2n) is 3.58. The van der Waals surface area contributed by atoms with Crippen LogP contribution in [0, 0.1) is 0 Å². The number of hydrogen-bond acceptors (Lipinski definition) is 2. The maximum Gasteiger partial charge on any atom is 0.455 e. The summed E-state index contributed by atoms with van der Waals surface area (Å²) in [5, 5.41) is 0.215. The van der Waals surface area contributed by atoms with Gasteiger partial charge in [0.05, 0.1) is 5.56 Å². The number of carbonyl (C=O) groups is 1. The van der Waals surface area contributed by atoms with Crippen LogP contribution in [0.4, 0.5) is 13.2 Å². The Morgan fingerprint density at radius 3 is 2.53 bits per heavy atom. The van der Waals surface area contributed by atoms with E-state index in [1.54, 1.807) is 25.1 Å². The normalized spacial score (nSPS) is 12.0. The number of benzene rings is 1. The number of carbonyl (C=O) groups excluding carboxylic acids is 1. The Bertz CT molecular complexity index is 567. The summed E-state index contributed by atoms with van der Waals surface area (Å²) in [5.41, 5.74) is -0.0625. The number of hydrogen-bond donors (Lipinski definition) is 0. The quantitative estimate of drug-likeness (QED) is 0.751. The molecule has 0 aliphatic rings. The largest absolute Gasteiger partial charge is 0.460 e. The average Bonchev–Trinajstić information content (AvgIpc) is 2.64. The van der Waals surface area contributed by atoms with Crippen molar-refractivity contribution in [1.29, 1.82) is 0 Å². The fraction of sp³-hybridized carbons (Fsp3) is 0.250. The molecule has 2 nitrogen and oxygen atoms in total. The first-order valence-corrected chi connectivity index (χ1v) is 5.07. The predicted octanol–water partition coefficient (Wildman–Crippen LogP) is 3.74. The molecule has 1 heterocycles. The van der Waals surface area contributed by atoms with Gasteiger partial charge in [-0.25, -0.2) is 0 Å². The molecule has 17 heavy (non-hydrogen) atoms. The lowest BCUT2D eigenvalue weighted by molar-refractivity contribution is -0.0885. The molecule has 0 radical (unpaired) electrons. The van der Waals surface area contributed by atoms with Crippen LogP contribution in [0.1, 0.15) is 23.0 Å². The molecule has 2 rings (SSSR count). The monoisotopic (exact) mass is 242 g/mol. The Morgan fingerprint density at radius 1 is 1.29 bits per heavy atom. The molecule has 0 bridgehead atoms. The zero-order chi connectivity index (χ0) is 12.6. The predicted molar refractivity (Wildman–Crippen MR) is 56.0 cm³/mol. The van der Waals surface area contributed by atoms with Crippen molar-refractivity contribution < 1.29 is 22.4 Å². The van der Waals surface area contributed by atoms with Crippen LogP contribution in [0.3, 0.4) is 0 Å². The summed E-state index contributed by atoms with van der Waals surface area (Å²) < 4.78 is 42.6. The summed E-state index contributed by atoms with van der Waals surface area (Å²) in [6, 6.07) is 6.22. The third-order valence-electron chi connectivity index (χ3n) is 2.47. The Balaban J connectivity index is 2.70. The first-order chi connectivity index (χ1) is 7.95. The molecular formula is C12H9F3O2. The molecule has 0 N–H and O–H groups in total. The Labute approximate surface area is 95.0 Å². The smallest absolute Gasteiger partial charge is 0.455 e. The van der Waals surface area contributed by atoms with E-state index in [0.717, 1.165) is 0 Å². The van der Waals surface area contributed by atoms with Crippen molar-refractivity contribution in [2.24, 2.45) is 0 Å². The second kappa shape index (κ2) is 3.91. The van der Waals surface area contributed by atoms with Crippen LogP contribution in [-0.2, 0) is 6.42 Å². The van der Waals surface area contributed by atoms with Crippen LogP contribution in [0.2, 0.25) is 0 Å². The van der Waals surface area contributed by atoms with Crippen molar-refractivity contribution in [1.82, 2.24) is 0 Å². The molecule has 2 aromatic rings. The lowest BCUT2D eigenvalue weighted by atomic mass is 10.0. The Kier molecular flexibility index (Phi) is 2.69. The summed E-state index contributed by atoms with van der Waals surface area (Å²) in [6.07, 6.45) is -4.64. The number of aryl methyl sites for hydroxylation is 1. The molecule has 0 fully saturated rings. The molecule has 0 saturated heterocycles. The summed E-state index contributed by atoms with van der Waals surface area (Å²) in [4.78, 5) is 11.3. The van der Waals surface area contributed by atoms with Gasteiger partial charge >= 0.3 is 6.18 Å². The van der Waals surface area contributed by atoms with Crippen LogP contribution in [0.25, 0.3) is 11.0 Å². The van der Waals surface area contributed by atoms with E-state index in [-0.39, 0.29) is 23.1 Å². The van der Waals surface area contributed by atoms with Crippen molar-refractivity contribution in [3.05, 3.63) is 35.6 Å². The fourth-order valence-electron chi connectivity index (χ4n) is 1.74. The number of ketones is 1. The molecule has 0 atom stereocenters. The molecule has 1 aromatic carbocycles. The van der Waals surface area contributed by atoms with Gasteiger partial charge in [0.25, 0.3) is 5.78 Å². The zero-order valence-electron chi connectivity index (χ0n) is 8.97. The number of alkyl halides is 3. The third kappa shape index (κ3) is 1.92. The molecule has 0 amide bonds. The Morgan fingerprint density at radius 2 is 1.94 bits per heavy atom. The van der Waals surface area contributed by atoms with Crippen molar-refractivity contribution in [3.8, 4) is 0 Å². The van der Waals surface area contributed by atoms with E-state index < -0.39 is 12.0 Å².